The first kappa shape index (κ1) is 12.3. The van der Waals surface area contributed by atoms with Gasteiger partial charge in [0.05, 0.1) is 17.8 Å². The summed E-state index contributed by atoms with van der Waals surface area (Å²) in [5, 5.41) is 0. The van der Waals surface area contributed by atoms with Crippen LogP contribution in [0, 0.1) is 11.3 Å². The van der Waals surface area contributed by atoms with Gasteiger partial charge in [-0.3, -0.25) is 0 Å². The topological polar surface area (TPSA) is 48.9 Å². The van der Waals surface area contributed by atoms with Crippen LogP contribution in [-0.2, 0) is 0 Å². The van der Waals surface area contributed by atoms with Gasteiger partial charge in [0.1, 0.15) is 0 Å². The molecule has 0 spiro atoms. The second kappa shape index (κ2) is 3.54. The van der Waals surface area contributed by atoms with E-state index in [1.54, 1.807) is 21.5 Å². The third-order valence-corrected chi connectivity index (χ3v) is 5.80. The van der Waals surface area contributed by atoms with Crippen LogP contribution in [0.5, 0.6) is 0 Å². The smallest absolute Gasteiger partial charge is 0.245 e. The van der Waals surface area contributed by atoms with Gasteiger partial charge in [-0.2, -0.15) is 0 Å². The summed E-state index contributed by atoms with van der Waals surface area (Å²) in [6.07, 6.45) is 3.27. The fourth-order valence-electron chi connectivity index (χ4n) is 4.73. The Hall–Kier alpha value is -2.30. The van der Waals surface area contributed by atoms with Crippen LogP contribution in [0.15, 0.2) is 51.6 Å². The Morgan fingerprint density at radius 2 is 1.77 bits per heavy atom. The van der Waals surface area contributed by atoms with E-state index in [2.05, 4.69) is 19.9 Å². The monoisotopic (exact) mass is 295 g/mol. The first-order valence-corrected chi connectivity index (χ1v) is 7.74. The number of hydrogen-bond acceptors (Lipinski definition) is 2. The van der Waals surface area contributed by atoms with Gasteiger partial charge in [-0.15, -0.1) is 0 Å². The van der Waals surface area contributed by atoms with Gasteiger partial charge >= 0.3 is 11.4 Å². The van der Waals surface area contributed by atoms with Crippen molar-refractivity contribution in [1.29, 1.82) is 0 Å². The lowest BCUT2D eigenvalue weighted by Gasteiger charge is -2.40. The molecular weight excluding hydrogens is 278 g/mol. The Morgan fingerprint density at radius 1 is 1.09 bits per heavy atom. The molecule has 2 aromatic rings. The van der Waals surface area contributed by atoms with Crippen LogP contribution in [-0.4, -0.2) is 13.9 Å². The van der Waals surface area contributed by atoms with Crippen LogP contribution in [0.25, 0.3) is 5.69 Å². The van der Waals surface area contributed by atoms with E-state index in [-0.39, 0.29) is 28.9 Å². The maximum Gasteiger partial charge on any atom is 0.352 e. The highest BCUT2D eigenvalue weighted by atomic mass is 16.2. The molecule has 4 atom stereocenters. The van der Waals surface area contributed by atoms with Crippen LogP contribution in [0.1, 0.15) is 32.4 Å². The van der Waals surface area contributed by atoms with Crippen LogP contribution in [0.3, 0.4) is 0 Å². The Labute approximate surface area is 127 Å². The molecule has 0 unspecified atom stereocenters. The molecule has 0 N–H and O–H groups in total. The molecule has 3 heterocycles. The number of aromatic nitrogens is 3. The zero-order valence-corrected chi connectivity index (χ0v) is 12.6. The fraction of sp³-hybridized carbons (Fsp3) is 0.412. The van der Waals surface area contributed by atoms with Gasteiger partial charge in [0, 0.05) is 0 Å². The van der Waals surface area contributed by atoms with Crippen molar-refractivity contribution in [2.45, 2.75) is 32.4 Å². The van der Waals surface area contributed by atoms with Gasteiger partial charge < -0.3 is 0 Å². The average Bonchev–Trinajstić information content (AvgIpc) is 3.15. The highest BCUT2D eigenvalue weighted by molar-refractivity contribution is 5.34. The van der Waals surface area contributed by atoms with Gasteiger partial charge in [0.15, 0.2) is 0 Å². The van der Waals surface area contributed by atoms with Gasteiger partial charge in [-0.25, -0.2) is 23.5 Å². The van der Waals surface area contributed by atoms with Crippen molar-refractivity contribution in [1.82, 2.24) is 13.9 Å². The minimum Gasteiger partial charge on any atom is -0.245 e. The van der Waals surface area contributed by atoms with E-state index >= 15 is 0 Å². The lowest BCUT2D eigenvalue weighted by atomic mass is 9.81. The molecule has 22 heavy (non-hydrogen) atoms. The summed E-state index contributed by atoms with van der Waals surface area (Å²) in [4.78, 5) is 25.8. The Bertz CT molecular complexity index is 947. The minimum atomic E-state index is -0.219. The molecule has 112 valence electrons. The maximum atomic E-state index is 13.0. The number of nitrogens with zero attached hydrogens (tertiary/aromatic N) is 3. The summed E-state index contributed by atoms with van der Waals surface area (Å²) >= 11 is 0. The molecular formula is C17H17N3O2. The summed E-state index contributed by atoms with van der Waals surface area (Å²) in [5.41, 5.74) is 1.56. The first-order chi connectivity index (χ1) is 10.5. The largest absolute Gasteiger partial charge is 0.352 e. The average molecular weight is 295 g/mol. The van der Waals surface area contributed by atoms with Crippen molar-refractivity contribution in [3.8, 4) is 5.69 Å². The van der Waals surface area contributed by atoms with E-state index in [0.717, 1.165) is 6.42 Å². The zero-order chi connectivity index (χ0) is 15.2. The van der Waals surface area contributed by atoms with E-state index in [1.165, 1.54) is 10.1 Å². The van der Waals surface area contributed by atoms with Gasteiger partial charge in [0.2, 0.25) is 0 Å². The maximum absolute atomic E-state index is 13.0. The van der Waals surface area contributed by atoms with Crippen LogP contribution in [0.2, 0.25) is 0 Å². The van der Waals surface area contributed by atoms with Crippen molar-refractivity contribution in [3.63, 3.8) is 0 Å². The first-order valence-electron chi connectivity index (χ1n) is 7.74. The van der Waals surface area contributed by atoms with Crippen molar-refractivity contribution in [2.24, 2.45) is 11.3 Å². The highest BCUT2D eigenvalue weighted by Gasteiger charge is 2.66. The third kappa shape index (κ3) is 1.18. The van der Waals surface area contributed by atoms with Crippen molar-refractivity contribution in [2.75, 3.05) is 0 Å². The zero-order valence-electron chi connectivity index (χ0n) is 12.6. The van der Waals surface area contributed by atoms with Gasteiger partial charge in [0.25, 0.3) is 0 Å². The molecule has 1 aromatic heterocycles. The Balaban J connectivity index is 1.84. The molecule has 2 bridgehead atoms. The van der Waals surface area contributed by atoms with Crippen molar-refractivity contribution < 1.29 is 0 Å². The number of allylic oxidation sites excluding steroid dienone is 2. The lowest BCUT2D eigenvalue weighted by molar-refractivity contribution is 0.168. The minimum absolute atomic E-state index is 0.0210. The number of hydrogen-bond donors (Lipinski definition) is 0. The second-order valence-electron chi connectivity index (χ2n) is 7.05. The molecule has 6 rings (SSSR count). The Morgan fingerprint density at radius 3 is 2.50 bits per heavy atom. The molecule has 5 nitrogen and oxygen atoms in total. The summed E-state index contributed by atoms with van der Waals surface area (Å²) in [6, 6.07) is 9.24. The number of benzene rings is 1. The standard InChI is InChI=1S/C17H17N3O2/c1-10-8-13-12-9-17(12,2)14(10)20-16(22)18(15(21)19(13)20)11-6-4-3-5-7-11/h3-8,12-14H,9H2,1-2H3/t12-,13+,14+,17+/m1/s1. The van der Waals surface area contributed by atoms with E-state index in [9.17, 15) is 9.59 Å². The molecule has 1 saturated carbocycles. The van der Waals surface area contributed by atoms with Crippen LogP contribution >= 0.6 is 0 Å². The predicted octanol–water partition coefficient (Wildman–Crippen LogP) is 1.88. The number of rotatable bonds is 1. The lowest BCUT2D eigenvalue weighted by Crippen LogP contribution is -2.45. The van der Waals surface area contributed by atoms with E-state index in [4.69, 9.17) is 0 Å². The summed E-state index contributed by atoms with van der Waals surface area (Å²) in [6.45, 7) is 4.32. The van der Waals surface area contributed by atoms with Gasteiger partial charge in [-0.1, -0.05) is 36.8 Å². The van der Waals surface area contributed by atoms with Crippen LogP contribution in [0.4, 0.5) is 0 Å². The fourth-order valence-corrected chi connectivity index (χ4v) is 4.73. The summed E-state index contributed by atoms with van der Waals surface area (Å²) in [5.74, 6) is 0.491. The molecule has 1 aromatic carbocycles. The van der Waals surface area contributed by atoms with E-state index < -0.39 is 0 Å². The highest BCUT2D eigenvalue weighted by Crippen LogP contribution is 2.70. The molecule has 5 heteroatoms. The van der Waals surface area contributed by atoms with Crippen LogP contribution < -0.4 is 11.4 Å². The molecule has 4 aliphatic rings. The normalized spacial score (nSPS) is 34.1. The van der Waals surface area contributed by atoms with Crippen molar-refractivity contribution in [3.05, 3.63) is 62.9 Å². The molecule has 2 aliphatic heterocycles. The Kier molecular flexibility index (Phi) is 1.97. The second-order valence-corrected chi connectivity index (χ2v) is 7.05. The SMILES string of the molecule is CC1=C[C@H]2[C@H]3C[C@]3(C)[C@H]1n1c(=O)n(-c3ccccc3)c(=O)n12. The molecule has 0 radical (unpaired) electrons. The quantitative estimate of drug-likeness (QED) is 0.754. The van der Waals surface area contributed by atoms with Gasteiger partial charge in [-0.05, 0) is 36.8 Å². The van der Waals surface area contributed by atoms with E-state index in [1.807, 2.05) is 18.2 Å². The molecule has 0 saturated heterocycles. The third-order valence-electron chi connectivity index (χ3n) is 5.80. The van der Waals surface area contributed by atoms with Crippen molar-refractivity contribution >= 4 is 0 Å². The molecule has 2 aliphatic carbocycles. The summed E-state index contributed by atoms with van der Waals surface area (Å²) in [7, 11) is 0. The predicted molar refractivity (Wildman–Crippen MR) is 82.3 cm³/mol. The number of para-hydroxylation sites is 1. The molecule has 1 fully saturated rings. The molecule has 0 amide bonds. The summed E-state index contributed by atoms with van der Waals surface area (Å²) < 4.78 is 4.70. The van der Waals surface area contributed by atoms with E-state index in [0.29, 0.717) is 11.6 Å².